The van der Waals surface area contributed by atoms with Gasteiger partial charge in [-0.1, -0.05) is 0 Å². The molecule has 0 aromatic heterocycles. The summed E-state index contributed by atoms with van der Waals surface area (Å²) in [5, 5.41) is 74.4. The molecular weight excluding hydrogens is 292 g/mol. The Morgan fingerprint density at radius 3 is 2.05 bits per heavy atom. The number of rotatable bonds is 7. The summed E-state index contributed by atoms with van der Waals surface area (Å²) in [6.07, 6.45) is -12.2. The number of aliphatic hydroxyl groups is 8. The van der Waals surface area contributed by atoms with Crippen LogP contribution in [0, 0.1) is 0 Å². The van der Waals surface area contributed by atoms with Crippen LogP contribution in [-0.2, 0) is 9.47 Å². The minimum atomic E-state index is -1.68. The van der Waals surface area contributed by atoms with Crippen LogP contribution in [0.4, 0.5) is 0 Å². The fraction of sp³-hybridized carbons (Fsp3) is 1.00. The van der Waals surface area contributed by atoms with Crippen molar-refractivity contribution in [1.29, 1.82) is 0 Å². The molecular formula is C11H22O10. The van der Waals surface area contributed by atoms with Crippen LogP contribution in [0.2, 0.25) is 0 Å². The predicted molar refractivity (Wildman–Crippen MR) is 64.8 cm³/mol. The summed E-state index contributed by atoms with van der Waals surface area (Å²) < 4.78 is 9.98. The molecule has 0 saturated carbocycles. The van der Waals surface area contributed by atoms with Gasteiger partial charge in [-0.15, -0.1) is 0 Å². The van der Waals surface area contributed by atoms with Crippen LogP contribution in [0.1, 0.15) is 0 Å². The maximum Gasteiger partial charge on any atom is 0.186 e. The molecule has 126 valence electrons. The van der Waals surface area contributed by atoms with E-state index in [4.69, 9.17) is 24.8 Å². The van der Waals surface area contributed by atoms with E-state index in [9.17, 15) is 25.5 Å². The third-order valence-corrected chi connectivity index (χ3v) is 3.26. The molecule has 1 fully saturated rings. The Morgan fingerprint density at radius 1 is 0.905 bits per heavy atom. The van der Waals surface area contributed by atoms with Crippen molar-refractivity contribution < 1.29 is 50.3 Å². The van der Waals surface area contributed by atoms with Gasteiger partial charge in [-0.05, 0) is 0 Å². The first kappa shape index (κ1) is 18.6. The molecule has 21 heavy (non-hydrogen) atoms. The van der Waals surface area contributed by atoms with Crippen molar-refractivity contribution in [3.63, 3.8) is 0 Å². The second-order valence-corrected chi connectivity index (χ2v) is 4.84. The molecule has 0 amide bonds. The van der Waals surface area contributed by atoms with E-state index in [-0.39, 0.29) is 0 Å². The largest absolute Gasteiger partial charge is 0.394 e. The summed E-state index contributed by atoms with van der Waals surface area (Å²) >= 11 is 0. The molecule has 0 aliphatic carbocycles. The zero-order chi connectivity index (χ0) is 16.2. The standard InChI is InChI=1S/C11H22O10/c12-1-4(14)7(16)5(15)3-20-11-10(19)9(18)8(17)6(2-13)21-11/h4-19H,1-3H2/t4-,5-,6+,7+,8+,9-,10-,11+/m0/s1. The highest BCUT2D eigenvalue weighted by atomic mass is 16.7. The lowest BCUT2D eigenvalue weighted by atomic mass is 9.99. The monoisotopic (exact) mass is 314 g/mol. The maximum absolute atomic E-state index is 9.65. The molecule has 1 aliphatic rings. The Labute approximate surface area is 120 Å². The van der Waals surface area contributed by atoms with E-state index in [0.29, 0.717) is 0 Å². The quantitative estimate of drug-likeness (QED) is 0.226. The molecule has 0 aromatic carbocycles. The van der Waals surface area contributed by atoms with Crippen LogP contribution < -0.4 is 0 Å². The van der Waals surface area contributed by atoms with Crippen LogP contribution in [0.25, 0.3) is 0 Å². The average Bonchev–Trinajstić information content (AvgIpc) is 2.50. The molecule has 1 heterocycles. The number of hydrogen-bond acceptors (Lipinski definition) is 10. The van der Waals surface area contributed by atoms with Gasteiger partial charge in [-0.25, -0.2) is 0 Å². The van der Waals surface area contributed by atoms with Crippen LogP contribution in [0.3, 0.4) is 0 Å². The molecule has 10 heteroatoms. The van der Waals surface area contributed by atoms with Crippen molar-refractivity contribution in [1.82, 2.24) is 0 Å². The Morgan fingerprint density at radius 2 is 1.52 bits per heavy atom. The topological polar surface area (TPSA) is 180 Å². The van der Waals surface area contributed by atoms with Crippen molar-refractivity contribution in [2.75, 3.05) is 19.8 Å². The first-order valence-electron chi connectivity index (χ1n) is 6.40. The summed E-state index contributed by atoms with van der Waals surface area (Å²) in [6, 6.07) is 0. The zero-order valence-corrected chi connectivity index (χ0v) is 11.1. The van der Waals surface area contributed by atoms with E-state index in [0.717, 1.165) is 0 Å². The van der Waals surface area contributed by atoms with Crippen LogP contribution >= 0.6 is 0 Å². The maximum atomic E-state index is 9.65. The highest BCUT2D eigenvalue weighted by Crippen LogP contribution is 2.22. The van der Waals surface area contributed by atoms with Crippen LogP contribution in [0.15, 0.2) is 0 Å². The van der Waals surface area contributed by atoms with Crippen LogP contribution in [0.5, 0.6) is 0 Å². The van der Waals surface area contributed by atoms with Crippen molar-refractivity contribution in [3.05, 3.63) is 0 Å². The van der Waals surface area contributed by atoms with Gasteiger partial charge < -0.3 is 50.3 Å². The summed E-state index contributed by atoms with van der Waals surface area (Å²) in [4.78, 5) is 0. The lowest BCUT2D eigenvalue weighted by molar-refractivity contribution is -0.306. The number of hydrogen-bond donors (Lipinski definition) is 8. The molecule has 0 aromatic rings. The molecule has 0 unspecified atom stereocenters. The van der Waals surface area contributed by atoms with Crippen molar-refractivity contribution in [3.8, 4) is 0 Å². The molecule has 8 N–H and O–H groups in total. The fourth-order valence-corrected chi connectivity index (χ4v) is 1.86. The Bertz CT molecular complexity index is 301. The first-order valence-corrected chi connectivity index (χ1v) is 6.40. The lowest BCUT2D eigenvalue weighted by Gasteiger charge is -2.40. The molecule has 8 atom stereocenters. The van der Waals surface area contributed by atoms with E-state index < -0.39 is 68.8 Å². The molecule has 1 rings (SSSR count). The fourth-order valence-electron chi connectivity index (χ4n) is 1.86. The first-order chi connectivity index (χ1) is 9.83. The number of ether oxygens (including phenoxy) is 2. The molecule has 1 aliphatic heterocycles. The van der Waals surface area contributed by atoms with Gasteiger partial charge in [0.25, 0.3) is 0 Å². The minimum absolute atomic E-state index is 0.582. The van der Waals surface area contributed by atoms with Gasteiger partial charge in [0.1, 0.15) is 42.7 Å². The third-order valence-electron chi connectivity index (χ3n) is 3.26. The van der Waals surface area contributed by atoms with E-state index in [2.05, 4.69) is 0 Å². The van der Waals surface area contributed by atoms with Gasteiger partial charge in [-0.2, -0.15) is 0 Å². The highest BCUT2D eigenvalue weighted by molar-refractivity contribution is 4.89. The predicted octanol–water partition coefficient (Wildman–Crippen LogP) is -5.12. The minimum Gasteiger partial charge on any atom is -0.394 e. The highest BCUT2D eigenvalue weighted by Gasteiger charge is 2.44. The third kappa shape index (κ3) is 4.53. The Balaban J connectivity index is 2.53. The summed E-state index contributed by atoms with van der Waals surface area (Å²) in [7, 11) is 0. The van der Waals surface area contributed by atoms with Gasteiger partial charge in [0, 0.05) is 0 Å². The lowest BCUT2D eigenvalue weighted by Crippen LogP contribution is -2.59. The molecule has 10 nitrogen and oxygen atoms in total. The van der Waals surface area contributed by atoms with E-state index in [1.54, 1.807) is 0 Å². The Hall–Kier alpha value is -0.400. The SMILES string of the molecule is OC[C@H](O)[C@@H](O)[C@@H](O)CO[C@@H]1O[C@H](CO)[C@@H](O)[C@H](O)[C@@H]1O. The zero-order valence-electron chi connectivity index (χ0n) is 11.1. The van der Waals surface area contributed by atoms with Gasteiger partial charge in [-0.3, -0.25) is 0 Å². The molecule has 0 spiro atoms. The molecule has 0 bridgehead atoms. The second-order valence-electron chi connectivity index (χ2n) is 4.84. The van der Waals surface area contributed by atoms with Gasteiger partial charge in [0.15, 0.2) is 6.29 Å². The average molecular weight is 314 g/mol. The molecule has 0 radical (unpaired) electrons. The van der Waals surface area contributed by atoms with Gasteiger partial charge in [0.2, 0.25) is 0 Å². The van der Waals surface area contributed by atoms with Crippen molar-refractivity contribution in [2.45, 2.75) is 49.0 Å². The second kappa shape index (κ2) is 8.29. The summed E-state index contributed by atoms with van der Waals surface area (Å²) in [5.41, 5.74) is 0. The van der Waals surface area contributed by atoms with E-state index >= 15 is 0 Å². The normalized spacial score (nSPS) is 38.0. The molecule has 1 saturated heterocycles. The van der Waals surface area contributed by atoms with Gasteiger partial charge in [0.05, 0.1) is 19.8 Å². The van der Waals surface area contributed by atoms with E-state index in [1.807, 2.05) is 0 Å². The Kier molecular flexibility index (Phi) is 7.36. The summed E-state index contributed by atoms with van der Waals surface area (Å²) in [5.74, 6) is 0. The number of aliphatic hydroxyl groups excluding tert-OH is 8. The van der Waals surface area contributed by atoms with Crippen LogP contribution in [-0.4, -0.2) is 110 Å². The van der Waals surface area contributed by atoms with Crippen molar-refractivity contribution in [2.24, 2.45) is 0 Å². The van der Waals surface area contributed by atoms with Gasteiger partial charge >= 0.3 is 0 Å². The van der Waals surface area contributed by atoms with E-state index in [1.165, 1.54) is 0 Å². The van der Waals surface area contributed by atoms with Crippen molar-refractivity contribution >= 4 is 0 Å². The summed E-state index contributed by atoms with van der Waals surface area (Å²) in [6.45, 7) is -1.97. The smallest absolute Gasteiger partial charge is 0.186 e.